The van der Waals surface area contributed by atoms with E-state index in [-0.39, 0.29) is 42.0 Å². The zero-order chi connectivity index (χ0) is 17.6. The highest BCUT2D eigenvalue weighted by Crippen LogP contribution is 2.29. The molecule has 0 saturated carbocycles. The van der Waals surface area contributed by atoms with E-state index in [4.69, 9.17) is 25.8 Å². The Kier molecular flexibility index (Phi) is 8.53. The number of amides is 1. The molecule has 1 aromatic rings. The highest BCUT2D eigenvalue weighted by Gasteiger charge is 2.29. The van der Waals surface area contributed by atoms with Gasteiger partial charge in [-0.05, 0) is 17.7 Å². The fraction of sp³-hybridized carbons (Fsp3) is 0.588. The van der Waals surface area contributed by atoms with E-state index in [0.717, 1.165) is 0 Å². The predicted octanol–water partition coefficient (Wildman–Crippen LogP) is 1.71. The van der Waals surface area contributed by atoms with Crippen molar-refractivity contribution in [3.05, 3.63) is 34.6 Å². The van der Waals surface area contributed by atoms with Crippen molar-refractivity contribution in [3.8, 4) is 0 Å². The minimum atomic E-state index is -0.583. The number of nitrogens with one attached hydrogen (secondary N) is 2. The average Bonchev–Trinajstić information content (AvgIpc) is 2.88. The van der Waals surface area contributed by atoms with E-state index in [0.29, 0.717) is 45.0 Å². The number of carbonyl (C=O) groups is 1. The summed E-state index contributed by atoms with van der Waals surface area (Å²) >= 11 is 5.77. The maximum Gasteiger partial charge on any atom is 0.251 e. The Morgan fingerprint density at radius 1 is 1.31 bits per heavy atom. The first kappa shape index (κ1) is 21.3. The molecule has 0 aliphatic carbocycles. The first-order valence-electron chi connectivity index (χ1n) is 8.39. The lowest BCUT2D eigenvalue weighted by Crippen LogP contribution is -2.45. The van der Waals surface area contributed by atoms with Gasteiger partial charge in [0.1, 0.15) is 5.82 Å². The van der Waals surface area contributed by atoms with Crippen LogP contribution in [0.2, 0.25) is 5.02 Å². The number of carbonyl (C=O) groups excluding carboxylic acids is 1. The van der Waals surface area contributed by atoms with Crippen molar-refractivity contribution in [2.75, 3.05) is 46.1 Å². The third-order valence-electron chi connectivity index (χ3n) is 4.33. The smallest absolute Gasteiger partial charge is 0.251 e. The SMILES string of the molecule is Cl.O=C(NC[C@@H]1CNCCO[C@H]1c1ccc(Cl)c(F)c1)C1COCCO1. The van der Waals surface area contributed by atoms with E-state index in [1.54, 1.807) is 6.07 Å². The molecule has 2 saturated heterocycles. The Hall–Kier alpha value is -0.960. The van der Waals surface area contributed by atoms with Crippen molar-refractivity contribution in [1.29, 1.82) is 0 Å². The van der Waals surface area contributed by atoms with Gasteiger partial charge in [0.15, 0.2) is 6.10 Å². The van der Waals surface area contributed by atoms with Gasteiger partial charge in [-0.15, -0.1) is 12.4 Å². The minimum Gasteiger partial charge on any atom is -0.376 e. The van der Waals surface area contributed by atoms with Crippen LogP contribution in [-0.4, -0.2) is 58.1 Å². The predicted molar refractivity (Wildman–Crippen MR) is 97.3 cm³/mol. The van der Waals surface area contributed by atoms with Gasteiger partial charge >= 0.3 is 0 Å². The highest BCUT2D eigenvalue weighted by atomic mass is 35.5. The van der Waals surface area contributed by atoms with Gasteiger partial charge in [0.05, 0.1) is 37.6 Å². The van der Waals surface area contributed by atoms with Crippen LogP contribution in [0.1, 0.15) is 11.7 Å². The molecule has 2 heterocycles. The molecule has 3 atom stereocenters. The van der Waals surface area contributed by atoms with Crippen LogP contribution in [0, 0.1) is 11.7 Å². The third kappa shape index (κ3) is 5.52. The quantitative estimate of drug-likeness (QED) is 0.793. The molecule has 146 valence electrons. The van der Waals surface area contributed by atoms with Crippen LogP contribution < -0.4 is 10.6 Å². The monoisotopic (exact) mass is 408 g/mol. The molecule has 2 fully saturated rings. The molecule has 6 nitrogen and oxygen atoms in total. The fourth-order valence-corrected chi connectivity index (χ4v) is 3.13. The van der Waals surface area contributed by atoms with Gasteiger partial charge in [-0.3, -0.25) is 4.79 Å². The van der Waals surface area contributed by atoms with E-state index < -0.39 is 11.9 Å². The van der Waals surface area contributed by atoms with Crippen LogP contribution in [0.4, 0.5) is 4.39 Å². The lowest BCUT2D eigenvalue weighted by molar-refractivity contribution is -0.147. The second-order valence-corrected chi connectivity index (χ2v) is 6.52. The molecule has 1 amide bonds. The van der Waals surface area contributed by atoms with Gasteiger partial charge in [-0.25, -0.2) is 4.39 Å². The number of ether oxygens (including phenoxy) is 3. The average molecular weight is 409 g/mol. The minimum absolute atomic E-state index is 0. The Morgan fingerprint density at radius 2 is 2.15 bits per heavy atom. The number of hydrogen-bond donors (Lipinski definition) is 2. The third-order valence-corrected chi connectivity index (χ3v) is 4.64. The van der Waals surface area contributed by atoms with Gasteiger partial charge in [-0.2, -0.15) is 0 Å². The molecule has 9 heteroatoms. The molecule has 1 aromatic carbocycles. The van der Waals surface area contributed by atoms with Crippen molar-refractivity contribution in [2.45, 2.75) is 12.2 Å². The number of rotatable bonds is 4. The van der Waals surface area contributed by atoms with Gasteiger partial charge in [-0.1, -0.05) is 17.7 Å². The standard InChI is InChI=1S/C17H22ClFN2O4.ClH/c18-13-2-1-11(7-14(13)19)16-12(8-20-3-4-25-16)9-21-17(22)15-10-23-5-6-24-15;/h1-2,7,12,15-16,20H,3-6,8-10H2,(H,21,22);1H/t12-,15?,16-;/m0./s1. The topological polar surface area (TPSA) is 68.8 Å². The first-order valence-corrected chi connectivity index (χ1v) is 8.77. The largest absolute Gasteiger partial charge is 0.376 e. The zero-order valence-electron chi connectivity index (χ0n) is 14.2. The Morgan fingerprint density at radius 3 is 2.88 bits per heavy atom. The normalized spacial score (nSPS) is 26.5. The van der Waals surface area contributed by atoms with Gasteiger partial charge in [0.25, 0.3) is 5.91 Å². The van der Waals surface area contributed by atoms with Gasteiger partial charge < -0.3 is 24.8 Å². The maximum absolute atomic E-state index is 13.8. The summed E-state index contributed by atoms with van der Waals surface area (Å²) in [6, 6.07) is 4.68. The van der Waals surface area contributed by atoms with Crippen LogP contribution in [-0.2, 0) is 19.0 Å². The molecule has 26 heavy (non-hydrogen) atoms. The summed E-state index contributed by atoms with van der Waals surface area (Å²) in [5, 5.41) is 6.24. The lowest BCUT2D eigenvalue weighted by Gasteiger charge is -2.27. The molecule has 0 bridgehead atoms. The molecule has 2 aliphatic heterocycles. The molecule has 3 rings (SSSR count). The Balaban J connectivity index is 0.00000243. The molecule has 1 unspecified atom stereocenters. The first-order chi connectivity index (χ1) is 12.1. The van der Waals surface area contributed by atoms with Crippen LogP contribution in [0.3, 0.4) is 0 Å². The van der Waals surface area contributed by atoms with Crippen LogP contribution >= 0.6 is 24.0 Å². The van der Waals surface area contributed by atoms with Gasteiger partial charge in [0, 0.05) is 25.6 Å². The van der Waals surface area contributed by atoms with Crippen molar-refractivity contribution in [2.24, 2.45) is 5.92 Å². The van der Waals surface area contributed by atoms with Gasteiger partial charge in [0.2, 0.25) is 0 Å². The van der Waals surface area contributed by atoms with E-state index in [1.165, 1.54) is 12.1 Å². The summed E-state index contributed by atoms with van der Waals surface area (Å²) in [6.45, 7) is 3.44. The highest BCUT2D eigenvalue weighted by molar-refractivity contribution is 6.30. The number of hydrogen-bond acceptors (Lipinski definition) is 5. The van der Waals surface area contributed by atoms with E-state index in [2.05, 4.69) is 10.6 Å². The Bertz CT molecular complexity index is 602. The van der Waals surface area contributed by atoms with E-state index in [9.17, 15) is 9.18 Å². The van der Waals surface area contributed by atoms with Crippen molar-refractivity contribution in [1.82, 2.24) is 10.6 Å². The van der Waals surface area contributed by atoms with Crippen LogP contribution in [0.15, 0.2) is 18.2 Å². The maximum atomic E-state index is 13.8. The Labute approximate surface area is 163 Å². The molecule has 2 aliphatic rings. The molecular weight excluding hydrogens is 386 g/mol. The van der Waals surface area contributed by atoms with Crippen LogP contribution in [0.25, 0.3) is 0 Å². The summed E-state index contributed by atoms with van der Waals surface area (Å²) in [7, 11) is 0. The molecule has 2 N–H and O–H groups in total. The number of halogens is 3. The van der Waals surface area contributed by atoms with Crippen molar-refractivity contribution < 1.29 is 23.4 Å². The second-order valence-electron chi connectivity index (χ2n) is 6.11. The molecule has 0 spiro atoms. The zero-order valence-corrected chi connectivity index (χ0v) is 15.8. The second kappa shape index (κ2) is 10.4. The molecular formula is C17H23Cl2FN2O4. The summed E-state index contributed by atoms with van der Waals surface area (Å²) < 4.78 is 30.4. The summed E-state index contributed by atoms with van der Waals surface area (Å²) in [5.41, 5.74) is 0.710. The fourth-order valence-electron chi connectivity index (χ4n) is 3.01. The molecule has 0 aromatic heterocycles. The van der Waals surface area contributed by atoms with E-state index in [1.807, 2.05) is 0 Å². The van der Waals surface area contributed by atoms with Crippen molar-refractivity contribution >= 4 is 29.9 Å². The summed E-state index contributed by atoms with van der Waals surface area (Å²) in [5.74, 6) is -0.725. The number of benzene rings is 1. The van der Waals surface area contributed by atoms with Crippen LogP contribution in [0.5, 0.6) is 0 Å². The van der Waals surface area contributed by atoms with E-state index >= 15 is 0 Å². The van der Waals surface area contributed by atoms with Crippen molar-refractivity contribution in [3.63, 3.8) is 0 Å². The molecule has 0 radical (unpaired) electrons. The summed E-state index contributed by atoms with van der Waals surface area (Å²) in [4.78, 5) is 12.2. The summed E-state index contributed by atoms with van der Waals surface area (Å²) in [6.07, 6.45) is -0.912. The lowest BCUT2D eigenvalue weighted by atomic mass is 9.95.